The summed E-state index contributed by atoms with van der Waals surface area (Å²) in [5.41, 5.74) is -0.474. The second-order valence-electron chi connectivity index (χ2n) is 8.78. The van der Waals surface area contributed by atoms with Crippen molar-refractivity contribution in [2.45, 2.75) is 65.3 Å². The van der Waals surface area contributed by atoms with Crippen LogP contribution in [-0.4, -0.2) is 63.0 Å². The molecule has 0 N–H and O–H groups in total. The van der Waals surface area contributed by atoms with Gasteiger partial charge >= 0.3 is 6.09 Å². The van der Waals surface area contributed by atoms with E-state index >= 15 is 0 Å². The fourth-order valence-corrected chi connectivity index (χ4v) is 5.02. The summed E-state index contributed by atoms with van der Waals surface area (Å²) < 4.78 is 20.9. The normalized spacial score (nSPS) is 17.0. The average Bonchev–Trinajstić information content (AvgIpc) is 2.81. The molecule has 1 aliphatic heterocycles. The average molecular weight is 591 g/mol. The van der Waals surface area contributed by atoms with Crippen molar-refractivity contribution in [2.75, 3.05) is 30.3 Å². The zero-order valence-electron chi connectivity index (χ0n) is 21.4. The van der Waals surface area contributed by atoms with E-state index in [9.17, 15) is 9.18 Å². The molecule has 0 spiro atoms. The van der Waals surface area contributed by atoms with E-state index in [1.165, 1.54) is 11.8 Å². The van der Waals surface area contributed by atoms with Crippen LogP contribution in [0, 0.1) is 11.7 Å². The van der Waals surface area contributed by atoms with Crippen LogP contribution in [0.15, 0.2) is 22.4 Å². The molecule has 2 aromatic heterocycles. The molecular formula is C24H34BrClFN5O2S. The van der Waals surface area contributed by atoms with Crippen LogP contribution in [0.1, 0.15) is 48.5 Å². The minimum atomic E-state index is -0.683. The summed E-state index contributed by atoms with van der Waals surface area (Å²) in [4.78, 5) is 29.8. The predicted molar refractivity (Wildman–Crippen MR) is 146 cm³/mol. The Bertz CT molecular complexity index is 1070. The Hall–Kier alpha value is -1.65. The third-order valence-electron chi connectivity index (χ3n) is 5.26. The van der Waals surface area contributed by atoms with Crippen LogP contribution < -0.4 is 4.90 Å². The van der Waals surface area contributed by atoms with Crippen molar-refractivity contribution in [3.63, 3.8) is 0 Å². The number of piperazine rings is 1. The highest BCUT2D eigenvalue weighted by Crippen LogP contribution is 2.37. The van der Waals surface area contributed by atoms with Crippen molar-refractivity contribution < 1.29 is 13.9 Å². The summed E-state index contributed by atoms with van der Waals surface area (Å²) in [6.07, 6.45) is 1.48. The van der Waals surface area contributed by atoms with E-state index in [4.69, 9.17) is 21.3 Å². The van der Waals surface area contributed by atoms with Gasteiger partial charge in [0.1, 0.15) is 21.5 Å². The first-order valence-electron chi connectivity index (χ1n) is 11.7. The Morgan fingerprint density at radius 2 is 2.00 bits per heavy atom. The van der Waals surface area contributed by atoms with E-state index in [0.29, 0.717) is 40.6 Å². The predicted octanol–water partition coefficient (Wildman–Crippen LogP) is 6.97. The number of amides is 1. The van der Waals surface area contributed by atoms with Crippen LogP contribution in [0.4, 0.5) is 15.0 Å². The summed E-state index contributed by atoms with van der Waals surface area (Å²) in [7, 11) is 0. The molecule has 0 radical (unpaired) electrons. The number of carbonyl (C=O) groups excluding carboxylic acids is 1. The largest absolute Gasteiger partial charge is 0.444 e. The number of ether oxygens (including phenoxy) is 1. The summed E-state index contributed by atoms with van der Waals surface area (Å²) in [5.74, 6) is 0.600. The van der Waals surface area contributed by atoms with E-state index in [0.717, 1.165) is 5.75 Å². The maximum absolute atomic E-state index is 15.0. The van der Waals surface area contributed by atoms with E-state index in [-0.39, 0.29) is 28.7 Å². The summed E-state index contributed by atoms with van der Waals surface area (Å²) in [5, 5.41) is 0.647. The molecule has 0 aliphatic carbocycles. The molecule has 0 aromatic carbocycles. The molecule has 2 unspecified atom stereocenters. The number of hydrogen-bond acceptors (Lipinski definition) is 7. The fourth-order valence-electron chi connectivity index (χ4n) is 3.64. The molecule has 11 heteroatoms. The minimum Gasteiger partial charge on any atom is -0.444 e. The molecule has 7 nitrogen and oxygen atoms in total. The van der Waals surface area contributed by atoms with E-state index < -0.39 is 11.4 Å². The van der Waals surface area contributed by atoms with Gasteiger partial charge in [0.25, 0.3) is 0 Å². The van der Waals surface area contributed by atoms with Gasteiger partial charge in [-0.2, -0.15) is 0 Å². The molecule has 1 fully saturated rings. The molecule has 35 heavy (non-hydrogen) atoms. The zero-order chi connectivity index (χ0) is 26.5. The van der Waals surface area contributed by atoms with Gasteiger partial charge in [-0.15, -0.1) is 6.58 Å². The smallest absolute Gasteiger partial charge is 0.410 e. The van der Waals surface area contributed by atoms with Crippen LogP contribution in [-0.2, 0) is 4.74 Å². The first kappa shape index (κ1) is 29.6. The lowest BCUT2D eigenvalue weighted by atomic mass is 9.97. The van der Waals surface area contributed by atoms with Crippen molar-refractivity contribution >= 4 is 62.1 Å². The lowest BCUT2D eigenvalue weighted by molar-refractivity contribution is 0.0205. The highest BCUT2D eigenvalue weighted by atomic mass is 79.9. The number of rotatable bonds is 5. The quantitative estimate of drug-likeness (QED) is 0.161. The molecule has 3 heterocycles. The van der Waals surface area contributed by atoms with Crippen LogP contribution in [0.3, 0.4) is 0 Å². The molecule has 1 saturated heterocycles. The summed E-state index contributed by atoms with van der Waals surface area (Å²) in [6.45, 7) is 18.8. The monoisotopic (exact) mass is 589 g/mol. The van der Waals surface area contributed by atoms with E-state index in [1.54, 1.807) is 4.90 Å². The molecule has 1 aliphatic rings. The third-order valence-corrected chi connectivity index (χ3v) is 6.81. The zero-order valence-corrected chi connectivity index (χ0v) is 24.5. The van der Waals surface area contributed by atoms with Crippen molar-refractivity contribution in [3.8, 4) is 0 Å². The van der Waals surface area contributed by atoms with Gasteiger partial charge in [-0.1, -0.05) is 57.1 Å². The lowest BCUT2D eigenvalue weighted by Crippen LogP contribution is -2.57. The molecule has 2 aromatic rings. The fraction of sp³-hybridized carbons (Fsp3) is 0.583. The highest BCUT2D eigenvalue weighted by Gasteiger charge is 2.36. The maximum atomic E-state index is 15.0. The Morgan fingerprint density at radius 1 is 1.34 bits per heavy atom. The Kier molecular flexibility index (Phi) is 10.6. The number of anilines is 1. The summed E-state index contributed by atoms with van der Waals surface area (Å²) >= 11 is 10.8. The van der Waals surface area contributed by atoms with Crippen LogP contribution in [0.25, 0.3) is 10.9 Å². The number of carbonyl (C=O) groups is 1. The van der Waals surface area contributed by atoms with Gasteiger partial charge in [-0.05, 0) is 48.4 Å². The second kappa shape index (κ2) is 12.5. The van der Waals surface area contributed by atoms with Crippen molar-refractivity contribution in [2.24, 2.45) is 5.92 Å². The van der Waals surface area contributed by atoms with Gasteiger partial charge in [0.05, 0.1) is 11.4 Å². The first-order chi connectivity index (χ1) is 16.5. The molecule has 2 atom stereocenters. The first-order valence-corrected chi connectivity index (χ1v) is 13.8. The standard InChI is InChI=1S/C22H28BrClFN5O2S.C2H6/c1-7-12(3)13-11-29(21(31)32-22(4,5)6)9-10-30(13)19-14-16(26-20(28-19)33-8-2)15(25)18(24)27-17(14)23;1-2/h7,12-13H,1,8-11H2,2-6H3;1-2H3. The number of fused-ring (bicyclic) bond motifs is 1. The van der Waals surface area contributed by atoms with Gasteiger partial charge in [0, 0.05) is 19.6 Å². The number of thioether (sulfide) groups is 1. The van der Waals surface area contributed by atoms with Gasteiger partial charge in [-0.25, -0.2) is 24.1 Å². The van der Waals surface area contributed by atoms with E-state index in [1.807, 2.05) is 54.5 Å². The number of nitrogens with zero attached hydrogens (tertiary/aromatic N) is 5. The Morgan fingerprint density at radius 3 is 2.57 bits per heavy atom. The van der Waals surface area contributed by atoms with Gasteiger partial charge in [0.15, 0.2) is 16.1 Å². The van der Waals surface area contributed by atoms with Crippen LogP contribution in [0.2, 0.25) is 5.15 Å². The number of aromatic nitrogens is 3. The second-order valence-corrected chi connectivity index (χ2v) is 11.1. The SMILES string of the molecule is C=CC(C)C1CN(C(=O)OC(C)(C)C)CCN1c1nc(SCC)nc2c(F)c(Cl)nc(Br)c12.CC. The minimum absolute atomic E-state index is 0.00594. The maximum Gasteiger partial charge on any atom is 0.410 e. The number of pyridine rings is 1. The molecule has 1 amide bonds. The van der Waals surface area contributed by atoms with Gasteiger partial charge in [-0.3, -0.25) is 0 Å². The third kappa shape index (κ3) is 6.98. The van der Waals surface area contributed by atoms with Crippen molar-refractivity contribution in [1.29, 1.82) is 0 Å². The summed E-state index contributed by atoms with van der Waals surface area (Å²) in [6, 6.07) is -0.160. The van der Waals surface area contributed by atoms with E-state index in [2.05, 4.69) is 37.4 Å². The van der Waals surface area contributed by atoms with Gasteiger partial charge in [0.2, 0.25) is 0 Å². The molecule has 0 bridgehead atoms. The van der Waals surface area contributed by atoms with Crippen molar-refractivity contribution in [1.82, 2.24) is 19.9 Å². The molecular weight excluding hydrogens is 557 g/mol. The Labute approximate surface area is 225 Å². The molecule has 0 saturated carbocycles. The Balaban J connectivity index is 0.00000210. The lowest BCUT2D eigenvalue weighted by Gasteiger charge is -2.44. The molecule has 194 valence electrons. The number of halogens is 3. The van der Waals surface area contributed by atoms with Crippen molar-refractivity contribution in [3.05, 3.63) is 28.2 Å². The number of hydrogen-bond donors (Lipinski definition) is 0. The highest BCUT2D eigenvalue weighted by molar-refractivity contribution is 9.10. The van der Waals surface area contributed by atoms with Crippen LogP contribution >= 0.6 is 39.3 Å². The molecule has 3 rings (SSSR count). The van der Waals surface area contributed by atoms with Crippen LogP contribution in [0.5, 0.6) is 0 Å². The topological polar surface area (TPSA) is 71.5 Å². The van der Waals surface area contributed by atoms with Gasteiger partial charge < -0.3 is 14.5 Å².